The molecule has 0 unspecified atom stereocenters. The zero-order valence-corrected chi connectivity index (χ0v) is 11.1. The predicted octanol–water partition coefficient (Wildman–Crippen LogP) is 2.00. The van der Waals surface area contributed by atoms with Gasteiger partial charge >= 0.3 is 0 Å². The molecule has 20 heavy (non-hydrogen) atoms. The standard InChI is InChI=1S/C16H18O4/c17-10-14(18)12-20-16-8-4-7-15(9-16)19-11-13-5-2-1-3-6-13/h1-9,14,17-18H,10-12H2/t14-/m1/s1. The number of aliphatic hydroxyl groups excluding tert-OH is 2. The number of ether oxygens (including phenoxy) is 2. The molecule has 0 aliphatic heterocycles. The Labute approximate surface area is 118 Å². The van der Waals surface area contributed by atoms with Crippen molar-refractivity contribution in [3.05, 3.63) is 60.2 Å². The molecule has 0 heterocycles. The highest BCUT2D eigenvalue weighted by atomic mass is 16.5. The van der Waals surface area contributed by atoms with E-state index in [1.165, 1.54) is 0 Å². The van der Waals surface area contributed by atoms with E-state index in [0.29, 0.717) is 18.1 Å². The highest BCUT2D eigenvalue weighted by Gasteiger charge is 2.04. The van der Waals surface area contributed by atoms with E-state index in [9.17, 15) is 5.11 Å². The number of hydrogen-bond acceptors (Lipinski definition) is 4. The lowest BCUT2D eigenvalue weighted by molar-refractivity contribution is 0.0535. The summed E-state index contributed by atoms with van der Waals surface area (Å²) >= 11 is 0. The third-order valence-corrected chi connectivity index (χ3v) is 2.71. The van der Waals surface area contributed by atoms with Gasteiger partial charge in [-0.05, 0) is 17.7 Å². The van der Waals surface area contributed by atoms with Crippen LogP contribution < -0.4 is 9.47 Å². The fraction of sp³-hybridized carbons (Fsp3) is 0.250. The lowest BCUT2D eigenvalue weighted by atomic mass is 10.2. The van der Waals surface area contributed by atoms with Gasteiger partial charge in [0.1, 0.15) is 30.8 Å². The van der Waals surface area contributed by atoms with Gasteiger partial charge in [0.25, 0.3) is 0 Å². The molecular formula is C16H18O4. The minimum absolute atomic E-state index is 0.0542. The summed E-state index contributed by atoms with van der Waals surface area (Å²) in [5, 5.41) is 18.0. The summed E-state index contributed by atoms with van der Waals surface area (Å²) in [5.41, 5.74) is 1.09. The first-order valence-electron chi connectivity index (χ1n) is 6.46. The van der Waals surface area contributed by atoms with Gasteiger partial charge in [-0.2, -0.15) is 0 Å². The van der Waals surface area contributed by atoms with Gasteiger partial charge in [-0.15, -0.1) is 0 Å². The van der Waals surface area contributed by atoms with Crippen LogP contribution in [0.4, 0.5) is 0 Å². The smallest absolute Gasteiger partial charge is 0.123 e. The molecule has 0 aliphatic carbocycles. The molecule has 4 nitrogen and oxygen atoms in total. The Morgan fingerprint density at radius 2 is 1.60 bits per heavy atom. The van der Waals surface area contributed by atoms with Crippen molar-refractivity contribution in [2.45, 2.75) is 12.7 Å². The Balaban J connectivity index is 1.89. The summed E-state index contributed by atoms with van der Waals surface area (Å²) in [7, 11) is 0. The van der Waals surface area contributed by atoms with Gasteiger partial charge < -0.3 is 19.7 Å². The van der Waals surface area contributed by atoms with Crippen LogP contribution in [0.15, 0.2) is 54.6 Å². The number of aliphatic hydroxyl groups is 2. The fourth-order valence-electron chi connectivity index (χ4n) is 1.64. The van der Waals surface area contributed by atoms with Crippen molar-refractivity contribution in [1.29, 1.82) is 0 Å². The SMILES string of the molecule is OC[C@@H](O)COc1cccc(OCc2ccccc2)c1. The molecule has 0 bridgehead atoms. The van der Waals surface area contributed by atoms with Crippen molar-refractivity contribution in [3.63, 3.8) is 0 Å². The van der Waals surface area contributed by atoms with Crippen molar-refractivity contribution in [3.8, 4) is 11.5 Å². The average molecular weight is 274 g/mol. The predicted molar refractivity (Wildman–Crippen MR) is 75.8 cm³/mol. The lowest BCUT2D eigenvalue weighted by Crippen LogP contribution is -2.21. The molecule has 0 amide bonds. The second-order valence-corrected chi connectivity index (χ2v) is 4.40. The van der Waals surface area contributed by atoms with Crippen molar-refractivity contribution < 1.29 is 19.7 Å². The van der Waals surface area contributed by atoms with E-state index in [1.807, 2.05) is 42.5 Å². The van der Waals surface area contributed by atoms with Crippen molar-refractivity contribution in [2.24, 2.45) is 0 Å². The highest BCUT2D eigenvalue weighted by Crippen LogP contribution is 2.20. The molecule has 106 valence electrons. The largest absolute Gasteiger partial charge is 0.491 e. The van der Waals surface area contributed by atoms with E-state index in [1.54, 1.807) is 12.1 Å². The van der Waals surface area contributed by atoms with Crippen LogP contribution in [0.5, 0.6) is 11.5 Å². The monoisotopic (exact) mass is 274 g/mol. The fourth-order valence-corrected chi connectivity index (χ4v) is 1.64. The molecule has 0 saturated carbocycles. The maximum absolute atomic E-state index is 9.23. The Hall–Kier alpha value is -2.04. The van der Waals surface area contributed by atoms with Crippen molar-refractivity contribution in [2.75, 3.05) is 13.2 Å². The minimum Gasteiger partial charge on any atom is -0.491 e. The number of rotatable bonds is 7. The highest BCUT2D eigenvalue weighted by molar-refractivity contribution is 5.33. The van der Waals surface area contributed by atoms with E-state index in [-0.39, 0.29) is 13.2 Å². The zero-order valence-electron chi connectivity index (χ0n) is 11.1. The molecule has 0 fully saturated rings. The van der Waals surface area contributed by atoms with Crippen LogP contribution >= 0.6 is 0 Å². The van der Waals surface area contributed by atoms with E-state index in [4.69, 9.17) is 14.6 Å². The van der Waals surface area contributed by atoms with Gasteiger partial charge in [0.2, 0.25) is 0 Å². The quantitative estimate of drug-likeness (QED) is 0.810. The summed E-state index contributed by atoms with van der Waals surface area (Å²) in [6.45, 7) is 0.229. The zero-order chi connectivity index (χ0) is 14.2. The van der Waals surface area contributed by atoms with E-state index in [2.05, 4.69) is 0 Å². The molecule has 2 aromatic rings. The van der Waals surface area contributed by atoms with Crippen LogP contribution in [0.3, 0.4) is 0 Å². The number of benzene rings is 2. The Morgan fingerprint density at radius 3 is 2.30 bits per heavy atom. The maximum atomic E-state index is 9.23. The second kappa shape index (κ2) is 7.53. The molecule has 0 radical (unpaired) electrons. The molecule has 2 aromatic carbocycles. The van der Waals surface area contributed by atoms with Crippen LogP contribution in [0.2, 0.25) is 0 Å². The first-order chi connectivity index (χ1) is 9.78. The Bertz CT molecular complexity index is 513. The van der Waals surface area contributed by atoms with E-state index in [0.717, 1.165) is 5.56 Å². The molecule has 0 aliphatic rings. The Kier molecular flexibility index (Phi) is 5.41. The van der Waals surface area contributed by atoms with Crippen LogP contribution in [0.1, 0.15) is 5.56 Å². The van der Waals surface area contributed by atoms with Gasteiger partial charge in [0, 0.05) is 6.07 Å². The molecule has 2 rings (SSSR count). The van der Waals surface area contributed by atoms with E-state index < -0.39 is 6.10 Å². The normalized spacial score (nSPS) is 11.9. The summed E-state index contributed by atoms with van der Waals surface area (Å²) in [6.07, 6.45) is -0.871. The first-order valence-corrected chi connectivity index (χ1v) is 6.46. The van der Waals surface area contributed by atoms with Crippen LogP contribution in [-0.2, 0) is 6.61 Å². The summed E-state index contributed by atoms with van der Waals surface area (Å²) in [4.78, 5) is 0. The van der Waals surface area contributed by atoms with Crippen molar-refractivity contribution in [1.82, 2.24) is 0 Å². The minimum atomic E-state index is -0.871. The molecule has 4 heteroatoms. The van der Waals surface area contributed by atoms with Gasteiger partial charge in [-0.3, -0.25) is 0 Å². The topological polar surface area (TPSA) is 58.9 Å². The molecule has 0 spiro atoms. The van der Waals surface area contributed by atoms with Crippen LogP contribution in [-0.4, -0.2) is 29.5 Å². The van der Waals surface area contributed by atoms with Crippen LogP contribution in [0.25, 0.3) is 0 Å². The van der Waals surface area contributed by atoms with Gasteiger partial charge in [-0.1, -0.05) is 36.4 Å². The summed E-state index contributed by atoms with van der Waals surface area (Å²) in [5.74, 6) is 1.30. The summed E-state index contributed by atoms with van der Waals surface area (Å²) < 4.78 is 11.0. The molecule has 1 atom stereocenters. The average Bonchev–Trinajstić information content (AvgIpc) is 2.52. The molecule has 2 N–H and O–H groups in total. The first kappa shape index (κ1) is 14.4. The third kappa shape index (κ3) is 4.57. The summed E-state index contributed by atoms with van der Waals surface area (Å²) in [6, 6.07) is 17.1. The lowest BCUT2D eigenvalue weighted by Gasteiger charge is -2.11. The van der Waals surface area contributed by atoms with E-state index >= 15 is 0 Å². The molecule has 0 saturated heterocycles. The third-order valence-electron chi connectivity index (χ3n) is 2.71. The van der Waals surface area contributed by atoms with Gasteiger partial charge in [0.05, 0.1) is 6.61 Å². The number of hydrogen-bond donors (Lipinski definition) is 2. The molecular weight excluding hydrogens is 256 g/mol. The molecule has 0 aromatic heterocycles. The van der Waals surface area contributed by atoms with Crippen molar-refractivity contribution >= 4 is 0 Å². The van der Waals surface area contributed by atoms with Crippen LogP contribution in [0, 0.1) is 0 Å². The van der Waals surface area contributed by atoms with Gasteiger partial charge in [-0.25, -0.2) is 0 Å². The maximum Gasteiger partial charge on any atom is 0.123 e. The Morgan fingerprint density at radius 1 is 0.900 bits per heavy atom. The second-order valence-electron chi connectivity index (χ2n) is 4.40. The van der Waals surface area contributed by atoms with Gasteiger partial charge in [0.15, 0.2) is 0 Å².